The van der Waals surface area contributed by atoms with Gasteiger partial charge >= 0.3 is 0 Å². The van der Waals surface area contributed by atoms with Crippen LogP contribution in [-0.4, -0.2) is 80.9 Å². The second kappa shape index (κ2) is 15.6. The van der Waals surface area contributed by atoms with E-state index >= 15 is 0 Å². The molecular formula is C28H36BrN6O5P. The molecule has 2 unspecified atom stereocenters. The second-order valence-electron chi connectivity index (χ2n) is 9.54. The van der Waals surface area contributed by atoms with Crippen molar-refractivity contribution in [2.45, 2.75) is 26.4 Å². The highest BCUT2D eigenvalue weighted by Gasteiger charge is 2.30. The monoisotopic (exact) mass is 646 g/mol. The Morgan fingerprint density at radius 1 is 0.951 bits per heavy atom. The van der Waals surface area contributed by atoms with E-state index < -0.39 is 19.9 Å². The summed E-state index contributed by atoms with van der Waals surface area (Å²) in [5.74, 6) is -1.37. The summed E-state index contributed by atoms with van der Waals surface area (Å²) in [6.45, 7) is 7.11. The Morgan fingerprint density at radius 2 is 1.61 bits per heavy atom. The molecule has 3 rings (SSSR count). The molecule has 0 spiro atoms. The molecule has 1 aliphatic rings. The number of halogens is 1. The van der Waals surface area contributed by atoms with Gasteiger partial charge < -0.3 is 31.5 Å². The standard InChI is InChI=1S/C28H36BrN6O5P/c1-4-30-24(36)17-34-25(37)18(2)31-9-10-32-26(38)20-13-21(15-23(14-20)35-11-12-41(3)28(35)40)27(39)33-16-19-5-7-22(29)8-6-19/h5-8,13-15,18,31H,4,9-12,16-17H2,1-3H3,(H,30,36)(H,32,38)(H,33,39)(H,34,37). The molecule has 5 N–H and O–H groups in total. The SMILES string of the molecule is CCNC(=O)CNC(=O)C(C)NCCNC(=O)c1cc(C(=O)NCc2ccc(Br)cc2)cc(N2CCP(C)C2=O)c1. The molecule has 2 aromatic rings. The molecule has 0 saturated carbocycles. The molecule has 0 aliphatic carbocycles. The fourth-order valence-corrected chi connectivity index (χ4v) is 5.63. The molecule has 0 radical (unpaired) electrons. The van der Waals surface area contributed by atoms with Crippen molar-refractivity contribution in [3.8, 4) is 0 Å². The number of amides is 5. The molecule has 1 saturated heterocycles. The average molecular weight is 648 g/mol. The third-order valence-corrected chi connectivity index (χ3v) is 8.68. The van der Waals surface area contributed by atoms with Crippen molar-refractivity contribution < 1.29 is 24.0 Å². The van der Waals surface area contributed by atoms with Crippen LogP contribution >= 0.6 is 23.9 Å². The third-order valence-electron chi connectivity index (χ3n) is 6.39. The molecule has 1 heterocycles. The lowest BCUT2D eigenvalue weighted by Crippen LogP contribution is -2.47. The van der Waals surface area contributed by atoms with Gasteiger partial charge in [0.25, 0.3) is 11.8 Å². The van der Waals surface area contributed by atoms with Crippen LogP contribution in [0.15, 0.2) is 46.9 Å². The fourth-order valence-electron chi connectivity index (χ4n) is 4.04. The maximum Gasteiger partial charge on any atom is 0.251 e. The van der Waals surface area contributed by atoms with E-state index in [0.717, 1.165) is 16.2 Å². The molecule has 41 heavy (non-hydrogen) atoms. The van der Waals surface area contributed by atoms with Gasteiger partial charge in [0.05, 0.1) is 12.6 Å². The smallest absolute Gasteiger partial charge is 0.251 e. The zero-order valence-corrected chi connectivity index (χ0v) is 25.9. The van der Waals surface area contributed by atoms with Crippen molar-refractivity contribution >= 4 is 58.8 Å². The van der Waals surface area contributed by atoms with Crippen LogP contribution < -0.4 is 31.5 Å². The number of nitrogens with zero attached hydrogens (tertiary/aromatic N) is 1. The van der Waals surface area contributed by atoms with Gasteiger partial charge in [-0.05, 0) is 70.5 Å². The van der Waals surface area contributed by atoms with Gasteiger partial charge in [-0.2, -0.15) is 0 Å². The van der Waals surface area contributed by atoms with Gasteiger partial charge in [0, 0.05) is 54.0 Å². The van der Waals surface area contributed by atoms with Crippen LogP contribution in [0.4, 0.5) is 10.5 Å². The molecule has 11 nitrogen and oxygen atoms in total. The molecule has 1 fully saturated rings. The third kappa shape index (κ3) is 9.62. The van der Waals surface area contributed by atoms with E-state index in [1.807, 2.05) is 30.9 Å². The lowest BCUT2D eigenvalue weighted by Gasteiger charge is -2.19. The van der Waals surface area contributed by atoms with E-state index in [2.05, 4.69) is 42.5 Å². The summed E-state index contributed by atoms with van der Waals surface area (Å²) in [4.78, 5) is 64.2. The number of anilines is 1. The van der Waals surface area contributed by atoms with E-state index in [9.17, 15) is 24.0 Å². The average Bonchev–Trinajstić information content (AvgIpc) is 3.30. The fraction of sp³-hybridized carbons (Fsp3) is 0.393. The molecule has 0 bridgehead atoms. The van der Waals surface area contributed by atoms with Crippen LogP contribution in [0.2, 0.25) is 0 Å². The Balaban J connectivity index is 1.63. The summed E-state index contributed by atoms with van der Waals surface area (Å²) in [6.07, 6.45) is 0.760. The Labute approximate surface area is 249 Å². The summed E-state index contributed by atoms with van der Waals surface area (Å²) >= 11 is 3.39. The van der Waals surface area contributed by atoms with Crippen LogP contribution in [0, 0.1) is 0 Å². The molecule has 1 aliphatic heterocycles. The summed E-state index contributed by atoms with van der Waals surface area (Å²) in [6, 6.07) is 11.8. The van der Waals surface area contributed by atoms with E-state index in [1.54, 1.807) is 30.9 Å². The predicted molar refractivity (Wildman–Crippen MR) is 164 cm³/mol. The maximum atomic E-state index is 13.1. The van der Waals surface area contributed by atoms with Gasteiger partial charge in [-0.25, -0.2) is 0 Å². The number of hydrogen-bond acceptors (Lipinski definition) is 6. The topological polar surface area (TPSA) is 149 Å². The first-order valence-corrected chi connectivity index (χ1v) is 16.1. The second-order valence-corrected chi connectivity index (χ2v) is 12.7. The zero-order chi connectivity index (χ0) is 29.9. The van der Waals surface area contributed by atoms with E-state index in [4.69, 9.17) is 0 Å². The highest BCUT2D eigenvalue weighted by atomic mass is 79.9. The molecule has 2 aromatic carbocycles. The van der Waals surface area contributed by atoms with Crippen molar-refractivity contribution in [2.24, 2.45) is 0 Å². The zero-order valence-electron chi connectivity index (χ0n) is 23.4. The minimum Gasteiger partial charge on any atom is -0.355 e. The normalized spacial score (nSPS) is 15.3. The maximum absolute atomic E-state index is 13.1. The summed E-state index contributed by atoms with van der Waals surface area (Å²) in [7, 11) is -0.792. The van der Waals surface area contributed by atoms with Crippen LogP contribution in [-0.2, 0) is 16.1 Å². The van der Waals surface area contributed by atoms with Gasteiger partial charge in [0.2, 0.25) is 17.5 Å². The minimum absolute atomic E-state index is 0.0161. The Kier molecular flexibility index (Phi) is 12.2. The Morgan fingerprint density at radius 3 is 2.22 bits per heavy atom. The molecule has 5 amide bonds. The van der Waals surface area contributed by atoms with Gasteiger partial charge in [-0.3, -0.25) is 24.0 Å². The number of carbonyl (C=O) groups is 5. The predicted octanol–water partition coefficient (Wildman–Crippen LogP) is 2.39. The lowest BCUT2D eigenvalue weighted by atomic mass is 10.1. The number of likely N-dealkylation sites (N-methyl/N-ethyl adjacent to an activating group) is 1. The number of hydrogen-bond donors (Lipinski definition) is 5. The Bertz CT molecular complexity index is 1280. The van der Waals surface area contributed by atoms with E-state index in [0.29, 0.717) is 31.9 Å². The molecular weight excluding hydrogens is 611 g/mol. The molecule has 2 atom stereocenters. The van der Waals surface area contributed by atoms with Gasteiger partial charge in [-0.1, -0.05) is 28.1 Å². The Hall–Kier alpha value is -3.34. The van der Waals surface area contributed by atoms with E-state index in [-0.39, 0.29) is 47.6 Å². The minimum atomic E-state index is -0.792. The van der Waals surface area contributed by atoms with Crippen LogP contribution in [0.5, 0.6) is 0 Å². The first-order chi connectivity index (χ1) is 19.6. The largest absolute Gasteiger partial charge is 0.355 e. The number of benzene rings is 2. The summed E-state index contributed by atoms with van der Waals surface area (Å²) < 4.78 is 0.937. The lowest BCUT2D eigenvalue weighted by molar-refractivity contribution is -0.127. The highest BCUT2D eigenvalue weighted by Crippen LogP contribution is 2.42. The van der Waals surface area contributed by atoms with Crippen LogP contribution in [0.3, 0.4) is 0 Å². The number of rotatable bonds is 13. The molecule has 220 valence electrons. The van der Waals surface area contributed by atoms with Crippen molar-refractivity contribution in [3.63, 3.8) is 0 Å². The number of nitrogens with one attached hydrogen (secondary N) is 5. The first-order valence-electron chi connectivity index (χ1n) is 13.4. The molecule has 13 heteroatoms. The van der Waals surface area contributed by atoms with Gasteiger partial charge in [0.15, 0.2) is 0 Å². The highest BCUT2D eigenvalue weighted by molar-refractivity contribution is 9.10. The quantitative estimate of drug-likeness (QED) is 0.167. The van der Waals surface area contributed by atoms with Crippen molar-refractivity contribution in [1.29, 1.82) is 0 Å². The molecule has 0 aromatic heterocycles. The van der Waals surface area contributed by atoms with Crippen molar-refractivity contribution in [3.05, 3.63) is 63.6 Å². The van der Waals surface area contributed by atoms with Crippen LogP contribution in [0.1, 0.15) is 40.1 Å². The van der Waals surface area contributed by atoms with E-state index in [1.165, 1.54) is 6.07 Å². The summed E-state index contributed by atoms with van der Waals surface area (Å²) in [5.41, 5.74) is 1.98. The van der Waals surface area contributed by atoms with Crippen molar-refractivity contribution in [1.82, 2.24) is 26.6 Å². The van der Waals surface area contributed by atoms with Gasteiger partial charge in [0.1, 0.15) is 0 Å². The number of carbonyl (C=O) groups excluding carboxylic acids is 5. The van der Waals surface area contributed by atoms with Crippen LogP contribution in [0.25, 0.3) is 0 Å². The first kappa shape index (κ1) is 32.2. The van der Waals surface area contributed by atoms with Gasteiger partial charge in [-0.15, -0.1) is 0 Å². The summed E-state index contributed by atoms with van der Waals surface area (Å²) in [5, 5.41) is 13.8. The van der Waals surface area contributed by atoms with Crippen molar-refractivity contribution in [2.75, 3.05) is 50.5 Å².